The Bertz CT molecular complexity index is 753. The van der Waals surface area contributed by atoms with Gasteiger partial charge >= 0.3 is 5.97 Å². The van der Waals surface area contributed by atoms with Gasteiger partial charge in [-0.15, -0.1) is 0 Å². The summed E-state index contributed by atoms with van der Waals surface area (Å²) < 4.78 is 31.1. The first kappa shape index (κ1) is 14.9. The number of hydrogen-bond donors (Lipinski definition) is 2. The van der Waals surface area contributed by atoms with Gasteiger partial charge in [-0.2, -0.15) is 0 Å². The van der Waals surface area contributed by atoms with E-state index >= 15 is 0 Å². The molecular formula is C12H11N3O5S. The third-order valence-corrected chi connectivity index (χ3v) is 3.77. The van der Waals surface area contributed by atoms with Gasteiger partial charge in [0.25, 0.3) is 0 Å². The molecule has 2 rings (SSSR count). The molecule has 9 heteroatoms. The molecule has 0 fully saturated rings. The van der Waals surface area contributed by atoms with Crippen molar-refractivity contribution in [2.45, 2.75) is 11.4 Å². The van der Waals surface area contributed by atoms with Gasteiger partial charge in [-0.3, -0.25) is 4.98 Å². The van der Waals surface area contributed by atoms with Crippen LogP contribution in [0.1, 0.15) is 11.3 Å². The number of carboxylic acids is 1. The largest absolute Gasteiger partial charge is 0.478 e. The van der Waals surface area contributed by atoms with Gasteiger partial charge in [0.05, 0.1) is 12.2 Å². The maximum Gasteiger partial charge on any atom is 0.328 e. The molecule has 0 spiro atoms. The Labute approximate surface area is 120 Å². The maximum atomic E-state index is 12.1. The number of hydrogen-bond acceptors (Lipinski definition) is 6. The molecule has 0 saturated carbocycles. The lowest BCUT2D eigenvalue weighted by atomic mass is 10.2. The van der Waals surface area contributed by atoms with E-state index in [1.807, 2.05) is 0 Å². The van der Waals surface area contributed by atoms with Crippen LogP contribution in [0.5, 0.6) is 0 Å². The molecule has 0 atom stereocenters. The van der Waals surface area contributed by atoms with Gasteiger partial charge in [-0.05, 0) is 17.7 Å². The smallest absolute Gasteiger partial charge is 0.328 e. The number of pyridine rings is 1. The molecule has 0 radical (unpaired) electrons. The Morgan fingerprint density at radius 2 is 2.24 bits per heavy atom. The minimum atomic E-state index is -3.77. The zero-order valence-corrected chi connectivity index (χ0v) is 11.4. The van der Waals surface area contributed by atoms with Crippen molar-refractivity contribution >= 4 is 22.1 Å². The standard InChI is InChI=1S/C12H11N3O5S/c16-12(17)2-1-9-5-11(8-13-6-9)21(18,19)14-7-10-3-4-20-15-10/h1-6,8,14H,7H2,(H,16,17)/b2-1+. The van der Waals surface area contributed by atoms with Crippen LogP contribution < -0.4 is 4.72 Å². The highest BCUT2D eigenvalue weighted by Gasteiger charge is 2.15. The first-order valence-electron chi connectivity index (χ1n) is 5.72. The summed E-state index contributed by atoms with van der Waals surface area (Å²) in [4.78, 5) is 14.1. The molecule has 2 aromatic rings. The summed E-state index contributed by atoms with van der Waals surface area (Å²) in [6.07, 6.45) is 6.02. The first-order valence-corrected chi connectivity index (χ1v) is 7.21. The van der Waals surface area contributed by atoms with Crippen LogP contribution in [0.4, 0.5) is 0 Å². The van der Waals surface area contributed by atoms with Crippen molar-refractivity contribution in [3.05, 3.63) is 48.1 Å². The molecule has 0 aromatic carbocycles. The van der Waals surface area contributed by atoms with Gasteiger partial charge in [0.1, 0.15) is 11.2 Å². The van der Waals surface area contributed by atoms with Crippen molar-refractivity contribution in [3.8, 4) is 0 Å². The van der Waals surface area contributed by atoms with E-state index in [1.165, 1.54) is 36.9 Å². The average molecular weight is 309 g/mol. The van der Waals surface area contributed by atoms with E-state index in [1.54, 1.807) is 0 Å². The van der Waals surface area contributed by atoms with Crippen molar-refractivity contribution < 1.29 is 22.8 Å². The van der Waals surface area contributed by atoms with E-state index in [4.69, 9.17) is 5.11 Å². The van der Waals surface area contributed by atoms with Crippen molar-refractivity contribution in [2.75, 3.05) is 0 Å². The summed E-state index contributed by atoms with van der Waals surface area (Å²) in [6.45, 7) is -0.0198. The second-order valence-corrected chi connectivity index (χ2v) is 5.71. The zero-order valence-electron chi connectivity index (χ0n) is 10.6. The van der Waals surface area contributed by atoms with Crippen LogP contribution in [-0.4, -0.2) is 29.6 Å². The quantitative estimate of drug-likeness (QED) is 0.751. The van der Waals surface area contributed by atoms with E-state index in [0.29, 0.717) is 11.3 Å². The predicted octanol–water partition coefficient (Wildman–Crippen LogP) is 0.646. The SMILES string of the molecule is O=C(O)/C=C/c1cncc(S(=O)(=O)NCc2ccon2)c1. The maximum absolute atomic E-state index is 12.1. The zero-order chi connectivity index (χ0) is 15.3. The predicted molar refractivity (Wildman–Crippen MR) is 71.4 cm³/mol. The van der Waals surface area contributed by atoms with Crippen LogP contribution in [0.3, 0.4) is 0 Å². The topological polar surface area (TPSA) is 122 Å². The summed E-state index contributed by atoms with van der Waals surface area (Å²) in [5, 5.41) is 12.1. The van der Waals surface area contributed by atoms with Crippen LogP contribution in [0.2, 0.25) is 0 Å². The van der Waals surface area contributed by atoms with Crippen LogP contribution in [0.15, 0.2) is 46.3 Å². The molecule has 2 N–H and O–H groups in total. The molecular weight excluding hydrogens is 298 g/mol. The molecule has 21 heavy (non-hydrogen) atoms. The van der Waals surface area contributed by atoms with Crippen LogP contribution in [-0.2, 0) is 21.4 Å². The summed E-state index contributed by atoms with van der Waals surface area (Å²) in [7, 11) is -3.77. The molecule has 0 aliphatic rings. The van der Waals surface area contributed by atoms with E-state index in [9.17, 15) is 13.2 Å². The number of carbonyl (C=O) groups is 1. The van der Waals surface area contributed by atoms with Crippen molar-refractivity contribution in [3.63, 3.8) is 0 Å². The van der Waals surface area contributed by atoms with Crippen LogP contribution in [0.25, 0.3) is 6.08 Å². The van der Waals surface area contributed by atoms with Crippen LogP contribution >= 0.6 is 0 Å². The molecule has 0 saturated heterocycles. The Morgan fingerprint density at radius 3 is 2.90 bits per heavy atom. The van der Waals surface area contributed by atoms with E-state index in [0.717, 1.165) is 6.08 Å². The van der Waals surface area contributed by atoms with E-state index in [-0.39, 0.29) is 11.4 Å². The Kier molecular flexibility index (Phi) is 4.45. The second kappa shape index (κ2) is 6.29. The van der Waals surface area contributed by atoms with Crippen molar-refractivity contribution in [1.29, 1.82) is 0 Å². The second-order valence-electron chi connectivity index (χ2n) is 3.94. The number of aromatic nitrogens is 2. The number of rotatable bonds is 6. The molecule has 0 amide bonds. The normalized spacial score (nSPS) is 11.8. The minimum absolute atomic E-state index is 0.0198. The van der Waals surface area contributed by atoms with Gasteiger partial charge in [0.2, 0.25) is 10.0 Å². The lowest BCUT2D eigenvalue weighted by Crippen LogP contribution is -2.23. The van der Waals surface area contributed by atoms with Gasteiger partial charge in [-0.1, -0.05) is 5.16 Å². The van der Waals surface area contributed by atoms with E-state index < -0.39 is 16.0 Å². The average Bonchev–Trinajstić information content (AvgIpc) is 2.97. The number of nitrogens with zero attached hydrogens (tertiary/aromatic N) is 2. The Morgan fingerprint density at radius 1 is 1.43 bits per heavy atom. The van der Waals surface area contributed by atoms with Crippen molar-refractivity contribution in [1.82, 2.24) is 14.9 Å². The first-order chi connectivity index (χ1) is 9.97. The molecule has 110 valence electrons. The van der Waals surface area contributed by atoms with Crippen LogP contribution in [0, 0.1) is 0 Å². The Hall–Kier alpha value is -2.52. The Balaban J connectivity index is 2.16. The van der Waals surface area contributed by atoms with Gasteiger partial charge in [0.15, 0.2) is 0 Å². The van der Waals surface area contributed by atoms with E-state index in [2.05, 4.69) is 19.4 Å². The fourth-order valence-electron chi connectivity index (χ4n) is 1.42. The monoisotopic (exact) mass is 309 g/mol. The molecule has 2 aromatic heterocycles. The molecule has 0 unspecified atom stereocenters. The van der Waals surface area contributed by atoms with Gasteiger partial charge < -0.3 is 9.63 Å². The number of carboxylic acid groups (broad SMARTS) is 1. The molecule has 0 bridgehead atoms. The number of aliphatic carboxylic acids is 1. The molecule has 0 aliphatic carbocycles. The summed E-state index contributed by atoms with van der Waals surface area (Å²) in [5.74, 6) is -1.13. The third-order valence-electron chi connectivity index (χ3n) is 2.40. The molecule has 2 heterocycles. The lowest BCUT2D eigenvalue weighted by Gasteiger charge is -2.05. The highest BCUT2D eigenvalue weighted by Crippen LogP contribution is 2.11. The number of sulfonamides is 1. The third kappa shape index (κ3) is 4.23. The fraction of sp³-hybridized carbons (Fsp3) is 0.0833. The summed E-state index contributed by atoms with van der Waals surface area (Å²) >= 11 is 0. The van der Waals surface area contributed by atoms with Gasteiger partial charge in [0, 0.05) is 24.5 Å². The minimum Gasteiger partial charge on any atom is -0.478 e. The summed E-state index contributed by atoms with van der Waals surface area (Å²) in [5.41, 5.74) is 0.801. The van der Waals surface area contributed by atoms with Gasteiger partial charge in [-0.25, -0.2) is 17.9 Å². The highest BCUT2D eigenvalue weighted by molar-refractivity contribution is 7.89. The fourth-order valence-corrected chi connectivity index (χ4v) is 2.42. The lowest BCUT2D eigenvalue weighted by molar-refractivity contribution is -0.131. The highest BCUT2D eigenvalue weighted by atomic mass is 32.2. The summed E-state index contributed by atoms with van der Waals surface area (Å²) in [6, 6.07) is 2.85. The van der Waals surface area contributed by atoms with Crippen molar-refractivity contribution in [2.24, 2.45) is 0 Å². The molecule has 0 aliphatic heterocycles. The molecule has 8 nitrogen and oxygen atoms in total. The number of nitrogens with one attached hydrogen (secondary N) is 1.